The van der Waals surface area contributed by atoms with E-state index in [4.69, 9.17) is 4.74 Å². The fraction of sp³-hybridized carbons (Fsp3) is 0.529. The van der Waals surface area contributed by atoms with Crippen LogP contribution in [0.15, 0.2) is 23.0 Å². The van der Waals surface area contributed by atoms with E-state index in [1.54, 1.807) is 23.7 Å². The van der Waals surface area contributed by atoms with E-state index >= 15 is 0 Å². The van der Waals surface area contributed by atoms with E-state index < -0.39 is 0 Å². The predicted octanol–water partition coefficient (Wildman–Crippen LogP) is 1.76. The minimum Gasteiger partial charge on any atom is -0.381 e. The number of carbonyl (C=O) groups excluding carboxylic acids is 1. The third kappa shape index (κ3) is 3.17. The number of nitrogens with zero attached hydrogens (tertiary/aromatic N) is 2. The van der Waals surface area contributed by atoms with Crippen LogP contribution in [0.25, 0.3) is 11.0 Å². The zero-order valence-corrected chi connectivity index (χ0v) is 13.7. The number of ether oxygens (including phenoxy) is 1. The van der Waals surface area contributed by atoms with Gasteiger partial charge in [0.2, 0.25) is 0 Å². The molecule has 6 heteroatoms. The standard InChI is InChI=1S/C17H23N3O3/c1-3-23-11-12-5-4-8-20(10-12)16(21)13-6-7-15-14(9-13)18-17(22)19(15)2/h6-7,9,12H,3-5,8,10-11H2,1-2H3,(H,18,22). The summed E-state index contributed by atoms with van der Waals surface area (Å²) in [6.45, 7) is 4.93. The Labute approximate surface area is 135 Å². The van der Waals surface area contributed by atoms with E-state index in [0.29, 0.717) is 30.2 Å². The Hall–Kier alpha value is -2.08. The smallest absolute Gasteiger partial charge is 0.326 e. The SMILES string of the molecule is CCOCC1CCCN(C(=O)c2ccc3c(c2)[nH]c(=O)n3C)C1. The highest BCUT2D eigenvalue weighted by Gasteiger charge is 2.24. The molecule has 1 aliphatic rings. The third-order valence-electron chi connectivity index (χ3n) is 4.51. The summed E-state index contributed by atoms with van der Waals surface area (Å²) in [7, 11) is 1.71. The molecule has 2 aromatic rings. The van der Waals surface area contributed by atoms with Crippen molar-refractivity contribution in [2.24, 2.45) is 13.0 Å². The van der Waals surface area contributed by atoms with E-state index in [9.17, 15) is 9.59 Å². The lowest BCUT2D eigenvalue weighted by atomic mass is 9.98. The summed E-state index contributed by atoms with van der Waals surface area (Å²) in [5.41, 5.74) is 1.96. The van der Waals surface area contributed by atoms with Crippen molar-refractivity contribution in [3.63, 3.8) is 0 Å². The van der Waals surface area contributed by atoms with Crippen molar-refractivity contribution in [3.05, 3.63) is 34.2 Å². The van der Waals surface area contributed by atoms with E-state index in [0.717, 1.165) is 31.4 Å². The maximum absolute atomic E-state index is 12.7. The second-order valence-electron chi connectivity index (χ2n) is 6.14. The minimum atomic E-state index is -0.167. The van der Waals surface area contributed by atoms with Gasteiger partial charge in [-0.25, -0.2) is 4.79 Å². The van der Waals surface area contributed by atoms with E-state index in [-0.39, 0.29) is 11.6 Å². The fourth-order valence-corrected chi connectivity index (χ4v) is 3.22. The van der Waals surface area contributed by atoms with Gasteiger partial charge in [0.25, 0.3) is 5.91 Å². The molecule has 0 spiro atoms. The fourth-order valence-electron chi connectivity index (χ4n) is 3.22. The Morgan fingerprint density at radius 1 is 1.43 bits per heavy atom. The molecule has 1 atom stereocenters. The number of aromatic amines is 1. The van der Waals surface area contributed by atoms with Gasteiger partial charge >= 0.3 is 5.69 Å². The Morgan fingerprint density at radius 2 is 2.26 bits per heavy atom. The Bertz CT molecular complexity index is 762. The number of carbonyl (C=O) groups is 1. The number of hydrogen-bond acceptors (Lipinski definition) is 3. The predicted molar refractivity (Wildman–Crippen MR) is 88.7 cm³/mol. The maximum atomic E-state index is 12.7. The lowest BCUT2D eigenvalue weighted by Crippen LogP contribution is -2.41. The van der Waals surface area contributed by atoms with Gasteiger partial charge in [-0.1, -0.05) is 0 Å². The van der Waals surface area contributed by atoms with Gasteiger partial charge in [-0.15, -0.1) is 0 Å². The lowest BCUT2D eigenvalue weighted by Gasteiger charge is -2.32. The monoisotopic (exact) mass is 317 g/mol. The van der Waals surface area contributed by atoms with E-state index in [2.05, 4.69) is 4.98 Å². The molecule has 0 aliphatic carbocycles. The quantitative estimate of drug-likeness (QED) is 0.934. The zero-order chi connectivity index (χ0) is 16.4. The van der Waals surface area contributed by atoms with Gasteiger partial charge in [-0.05, 0) is 43.9 Å². The van der Waals surface area contributed by atoms with Crippen molar-refractivity contribution in [2.75, 3.05) is 26.3 Å². The number of aryl methyl sites for hydroxylation is 1. The maximum Gasteiger partial charge on any atom is 0.326 e. The lowest BCUT2D eigenvalue weighted by molar-refractivity contribution is 0.0501. The zero-order valence-electron chi connectivity index (χ0n) is 13.7. The average molecular weight is 317 g/mol. The van der Waals surface area contributed by atoms with Crippen molar-refractivity contribution in [3.8, 4) is 0 Å². The van der Waals surface area contributed by atoms with E-state index in [1.165, 1.54) is 0 Å². The van der Waals surface area contributed by atoms with Crippen LogP contribution in [0.5, 0.6) is 0 Å². The van der Waals surface area contributed by atoms with Gasteiger partial charge < -0.3 is 14.6 Å². The Kier molecular flexibility index (Phi) is 4.52. The number of nitrogens with one attached hydrogen (secondary N) is 1. The molecule has 1 aromatic heterocycles. The number of piperidine rings is 1. The first-order valence-electron chi connectivity index (χ1n) is 8.16. The van der Waals surface area contributed by atoms with Crippen molar-refractivity contribution >= 4 is 16.9 Å². The number of amides is 1. The molecule has 3 rings (SSSR count). The van der Waals surface area contributed by atoms with Crippen LogP contribution < -0.4 is 5.69 Å². The molecule has 6 nitrogen and oxygen atoms in total. The molecule has 1 N–H and O–H groups in total. The average Bonchev–Trinajstić information content (AvgIpc) is 2.86. The number of likely N-dealkylation sites (tertiary alicyclic amines) is 1. The number of hydrogen-bond donors (Lipinski definition) is 1. The van der Waals surface area contributed by atoms with Crippen LogP contribution in [0, 0.1) is 5.92 Å². The van der Waals surface area contributed by atoms with Gasteiger partial charge in [0.05, 0.1) is 17.6 Å². The minimum absolute atomic E-state index is 0.0257. The van der Waals surface area contributed by atoms with Crippen molar-refractivity contribution in [1.29, 1.82) is 0 Å². The summed E-state index contributed by atoms with van der Waals surface area (Å²) in [5, 5.41) is 0. The first-order chi connectivity index (χ1) is 11.1. The van der Waals surface area contributed by atoms with Crippen LogP contribution in [0.4, 0.5) is 0 Å². The molecule has 0 radical (unpaired) electrons. The van der Waals surface area contributed by atoms with Gasteiger partial charge in [-0.3, -0.25) is 9.36 Å². The topological polar surface area (TPSA) is 67.3 Å². The number of benzene rings is 1. The van der Waals surface area contributed by atoms with Crippen LogP contribution in [0.2, 0.25) is 0 Å². The highest BCUT2D eigenvalue weighted by atomic mass is 16.5. The molecular weight excluding hydrogens is 294 g/mol. The molecule has 1 aromatic carbocycles. The highest BCUT2D eigenvalue weighted by molar-refractivity contribution is 5.97. The number of fused-ring (bicyclic) bond motifs is 1. The van der Waals surface area contributed by atoms with Crippen LogP contribution in [0.3, 0.4) is 0 Å². The number of aromatic nitrogens is 2. The van der Waals surface area contributed by atoms with Crippen molar-refractivity contribution in [1.82, 2.24) is 14.5 Å². The largest absolute Gasteiger partial charge is 0.381 e. The summed E-state index contributed by atoms with van der Waals surface area (Å²) in [6, 6.07) is 5.39. The molecule has 1 aliphatic heterocycles. The van der Waals surface area contributed by atoms with Crippen molar-refractivity contribution in [2.45, 2.75) is 19.8 Å². The number of rotatable bonds is 4. The molecule has 2 heterocycles. The summed E-state index contributed by atoms with van der Waals surface area (Å²) in [5.74, 6) is 0.436. The molecule has 124 valence electrons. The summed E-state index contributed by atoms with van der Waals surface area (Å²) in [6.07, 6.45) is 2.11. The Morgan fingerprint density at radius 3 is 3.04 bits per heavy atom. The summed E-state index contributed by atoms with van der Waals surface area (Å²) >= 11 is 0. The molecule has 1 saturated heterocycles. The number of H-pyrrole nitrogens is 1. The molecule has 0 saturated carbocycles. The van der Waals surface area contributed by atoms with Crippen LogP contribution in [-0.4, -0.2) is 46.7 Å². The summed E-state index contributed by atoms with van der Waals surface area (Å²) < 4.78 is 7.04. The second-order valence-corrected chi connectivity index (χ2v) is 6.14. The van der Waals surface area contributed by atoms with Gasteiger partial charge in [-0.2, -0.15) is 0 Å². The second kappa shape index (κ2) is 6.58. The first-order valence-corrected chi connectivity index (χ1v) is 8.16. The molecule has 1 amide bonds. The summed E-state index contributed by atoms with van der Waals surface area (Å²) in [4.78, 5) is 29.1. The molecule has 1 unspecified atom stereocenters. The van der Waals surface area contributed by atoms with Gasteiger partial charge in [0.15, 0.2) is 0 Å². The normalized spacial score (nSPS) is 18.5. The van der Waals surface area contributed by atoms with Crippen LogP contribution in [0.1, 0.15) is 30.1 Å². The van der Waals surface area contributed by atoms with Gasteiger partial charge in [0.1, 0.15) is 0 Å². The Balaban J connectivity index is 1.78. The first kappa shape index (κ1) is 15.8. The molecular formula is C17H23N3O3. The van der Waals surface area contributed by atoms with E-state index in [1.807, 2.05) is 17.9 Å². The molecule has 0 bridgehead atoms. The molecule has 1 fully saturated rings. The van der Waals surface area contributed by atoms with Crippen molar-refractivity contribution < 1.29 is 9.53 Å². The van der Waals surface area contributed by atoms with Crippen LogP contribution in [-0.2, 0) is 11.8 Å². The van der Waals surface area contributed by atoms with Gasteiger partial charge in [0, 0.05) is 32.3 Å². The molecule has 23 heavy (non-hydrogen) atoms. The number of imidazole rings is 1. The van der Waals surface area contributed by atoms with Crippen LogP contribution >= 0.6 is 0 Å². The third-order valence-corrected chi connectivity index (χ3v) is 4.51. The highest BCUT2D eigenvalue weighted by Crippen LogP contribution is 2.20.